The van der Waals surface area contributed by atoms with E-state index in [0.717, 1.165) is 27.1 Å². The lowest BCUT2D eigenvalue weighted by atomic mass is 9.95. The van der Waals surface area contributed by atoms with E-state index in [1.807, 2.05) is 42.5 Å². The SMILES string of the molecule is COc1ccc2c(c1)[C@H](O)CC(c1cccc(Br)c1)O2. The summed E-state index contributed by atoms with van der Waals surface area (Å²) in [7, 11) is 1.61. The molecule has 0 amide bonds. The maximum Gasteiger partial charge on any atom is 0.127 e. The predicted octanol–water partition coefficient (Wildman–Crippen LogP) is 4.01. The first-order valence-electron chi connectivity index (χ1n) is 6.45. The van der Waals surface area contributed by atoms with Gasteiger partial charge >= 0.3 is 0 Å². The molecule has 1 heterocycles. The molecule has 4 heteroatoms. The van der Waals surface area contributed by atoms with E-state index < -0.39 is 6.10 Å². The van der Waals surface area contributed by atoms with Crippen LogP contribution < -0.4 is 9.47 Å². The predicted molar refractivity (Wildman–Crippen MR) is 80.1 cm³/mol. The first-order valence-corrected chi connectivity index (χ1v) is 7.25. The third-order valence-electron chi connectivity index (χ3n) is 3.50. The molecule has 0 aromatic heterocycles. The van der Waals surface area contributed by atoms with Crippen LogP contribution in [0.4, 0.5) is 0 Å². The van der Waals surface area contributed by atoms with Crippen molar-refractivity contribution in [3.05, 3.63) is 58.1 Å². The number of benzene rings is 2. The molecule has 2 aromatic rings. The number of aliphatic hydroxyl groups excluding tert-OH is 1. The summed E-state index contributed by atoms with van der Waals surface area (Å²) < 4.78 is 12.2. The lowest BCUT2D eigenvalue weighted by molar-refractivity contribution is 0.0654. The standard InChI is InChI=1S/C16H15BrO3/c1-19-12-5-6-15-13(8-12)14(18)9-16(20-15)10-3-2-4-11(17)7-10/h2-8,14,16,18H,9H2,1H3/t14-,16?/m1/s1. The van der Waals surface area contributed by atoms with Crippen molar-refractivity contribution >= 4 is 15.9 Å². The maximum atomic E-state index is 10.3. The van der Waals surface area contributed by atoms with E-state index in [1.165, 1.54) is 0 Å². The van der Waals surface area contributed by atoms with Gasteiger partial charge in [0.05, 0.1) is 13.2 Å². The number of methoxy groups -OCH3 is 1. The molecular formula is C16H15BrO3. The molecule has 1 unspecified atom stereocenters. The molecular weight excluding hydrogens is 320 g/mol. The second-order valence-corrected chi connectivity index (χ2v) is 5.73. The number of hydrogen-bond acceptors (Lipinski definition) is 3. The Labute approximate surface area is 126 Å². The van der Waals surface area contributed by atoms with Crippen LogP contribution in [0.5, 0.6) is 11.5 Å². The molecule has 0 saturated heterocycles. The van der Waals surface area contributed by atoms with E-state index in [1.54, 1.807) is 7.11 Å². The zero-order chi connectivity index (χ0) is 14.1. The normalized spacial score (nSPS) is 20.9. The Hall–Kier alpha value is -1.52. The molecule has 0 bridgehead atoms. The molecule has 1 aliphatic rings. The average molecular weight is 335 g/mol. The van der Waals surface area contributed by atoms with Crippen LogP contribution in [-0.4, -0.2) is 12.2 Å². The van der Waals surface area contributed by atoms with Crippen molar-refractivity contribution in [2.45, 2.75) is 18.6 Å². The number of halogens is 1. The van der Waals surface area contributed by atoms with Crippen molar-refractivity contribution in [3.8, 4) is 11.5 Å². The zero-order valence-corrected chi connectivity index (χ0v) is 12.6. The number of aliphatic hydroxyl groups is 1. The van der Waals surface area contributed by atoms with Gasteiger partial charge in [0.25, 0.3) is 0 Å². The lowest BCUT2D eigenvalue weighted by Crippen LogP contribution is -2.19. The highest BCUT2D eigenvalue weighted by Gasteiger charge is 2.28. The number of ether oxygens (including phenoxy) is 2. The first kappa shape index (κ1) is 13.5. The second-order valence-electron chi connectivity index (χ2n) is 4.82. The minimum absolute atomic E-state index is 0.136. The molecule has 0 saturated carbocycles. The van der Waals surface area contributed by atoms with Crippen LogP contribution in [0.15, 0.2) is 46.9 Å². The minimum atomic E-state index is -0.544. The zero-order valence-electron chi connectivity index (χ0n) is 11.0. The molecule has 20 heavy (non-hydrogen) atoms. The Morgan fingerprint density at radius 1 is 1.25 bits per heavy atom. The topological polar surface area (TPSA) is 38.7 Å². The summed E-state index contributed by atoms with van der Waals surface area (Å²) in [6.45, 7) is 0. The molecule has 1 aliphatic heterocycles. The van der Waals surface area contributed by atoms with Gasteiger partial charge in [0.1, 0.15) is 17.6 Å². The highest BCUT2D eigenvalue weighted by atomic mass is 79.9. The van der Waals surface area contributed by atoms with E-state index >= 15 is 0 Å². The van der Waals surface area contributed by atoms with Gasteiger partial charge in [-0.05, 0) is 35.9 Å². The Balaban J connectivity index is 1.93. The molecule has 0 aliphatic carbocycles. The van der Waals surface area contributed by atoms with Crippen molar-refractivity contribution in [1.29, 1.82) is 0 Å². The molecule has 0 radical (unpaired) electrons. The Kier molecular flexibility index (Phi) is 3.68. The van der Waals surface area contributed by atoms with Crippen LogP contribution in [0.3, 0.4) is 0 Å². The van der Waals surface area contributed by atoms with Crippen molar-refractivity contribution in [2.75, 3.05) is 7.11 Å². The fourth-order valence-electron chi connectivity index (χ4n) is 2.46. The third-order valence-corrected chi connectivity index (χ3v) is 4.00. The van der Waals surface area contributed by atoms with Crippen molar-refractivity contribution in [2.24, 2.45) is 0 Å². The summed E-state index contributed by atoms with van der Waals surface area (Å²) in [5.41, 5.74) is 1.84. The Morgan fingerprint density at radius 3 is 2.85 bits per heavy atom. The van der Waals surface area contributed by atoms with E-state index in [0.29, 0.717) is 6.42 Å². The molecule has 2 aromatic carbocycles. The molecule has 3 rings (SSSR count). The fraction of sp³-hybridized carbons (Fsp3) is 0.250. The van der Waals surface area contributed by atoms with Crippen LogP contribution in [0.1, 0.15) is 29.8 Å². The summed E-state index contributed by atoms with van der Waals surface area (Å²) in [4.78, 5) is 0. The molecule has 0 fully saturated rings. The molecule has 2 atom stereocenters. The quantitative estimate of drug-likeness (QED) is 0.901. The average Bonchev–Trinajstić information content (AvgIpc) is 2.47. The summed E-state index contributed by atoms with van der Waals surface area (Å²) >= 11 is 3.46. The Morgan fingerprint density at radius 2 is 2.10 bits per heavy atom. The van der Waals surface area contributed by atoms with Gasteiger partial charge in [0.2, 0.25) is 0 Å². The summed E-state index contributed by atoms with van der Waals surface area (Å²) in [6.07, 6.45) is -0.141. The molecule has 104 valence electrons. The monoisotopic (exact) mass is 334 g/mol. The fourth-order valence-corrected chi connectivity index (χ4v) is 2.88. The molecule has 1 N–H and O–H groups in total. The van der Waals surface area contributed by atoms with Crippen LogP contribution in [0.2, 0.25) is 0 Å². The maximum absolute atomic E-state index is 10.3. The number of fused-ring (bicyclic) bond motifs is 1. The number of rotatable bonds is 2. The number of hydrogen-bond donors (Lipinski definition) is 1. The van der Waals surface area contributed by atoms with Gasteiger partial charge < -0.3 is 14.6 Å². The van der Waals surface area contributed by atoms with Gasteiger partial charge in [0.15, 0.2) is 0 Å². The van der Waals surface area contributed by atoms with Gasteiger partial charge in [-0.25, -0.2) is 0 Å². The van der Waals surface area contributed by atoms with Crippen molar-refractivity contribution in [3.63, 3.8) is 0 Å². The van der Waals surface area contributed by atoms with Crippen molar-refractivity contribution < 1.29 is 14.6 Å². The van der Waals surface area contributed by atoms with Gasteiger partial charge in [-0.3, -0.25) is 0 Å². The highest BCUT2D eigenvalue weighted by molar-refractivity contribution is 9.10. The minimum Gasteiger partial charge on any atom is -0.497 e. The lowest BCUT2D eigenvalue weighted by Gasteiger charge is -2.30. The smallest absolute Gasteiger partial charge is 0.127 e. The van der Waals surface area contributed by atoms with E-state index in [4.69, 9.17) is 9.47 Å². The van der Waals surface area contributed by atoms with Gasteiger partial charge in [-0.2, -0.15) is 0 Å². The van der Waals surface area contributed by atoms with Crippen LogP contribution in [0, 0.1) is 0 Å². The third kappa shape index (κ3) is 2.53. The van der Waals surface area contributed by atoms with E-state index in [9.17, 15) is 5.11 Å². The molecule has 0 spiro atoms. The largest absolute Gasteiger partial charge is 0.497 e. The summed E-state index contributed by atoms with van der Waals surface area (Å²) in [6, 6.07) is 13.5. The first-order chi connectivity index (χ1) is 9.67. The van der Waals surface area contributed by atoms with Gasteiger partial charge in [-0.15, -0.1) is 0 Å². The molecule has 3 nitrogen and oxygen atoms in total. The van der Waals surface area contributed by atoms with Gasteiger partial charge in [-0.1, -0.05) is 28.1 Å². The van der Waals surface area contributed by atoms with Crippen LogP contribution >= 0.6 is 15.9 Å². The highest BCUT2D eigenvalue weighted by Crippen LogP contribution is 2.42. The summed E-state index contributed by atoms with van der Waals surface area (Å²) in [5.74, 6) is 1.45. The van der Waals surface area contributed by atoms with Gasteiger partial charge in [0, 0.05) is 16.5 Å². The van der Waals surface area contributed by atoms with Crippen LogP contribution in [-0.2, 0) is 0 Å². The van der Waals surface area contributed by atoms with E-state index in [-0.39, 0.29) is 6.10 Å². The summed E-state index contributed by atoms with van der Waals surface area (Å²) in [5, 5.41) is 10.3. The second kappa shape index (κ2) is 5.46. The van der Waals surface area contributed by atoms with E-state index in [2.05, 4.69) is 15.9 Å². The van der Waals surface area contributed by atoms with Crippen LogP contribution in [0.25, 0.3) is 0 Å². The van der Waals surface area contributed by atoms with Crippen molar-refractivity contribution in [1.82, 2.24) is 0 Å². The Bertz CT molecular complexity index is 627.